The van der Waals surface area contributed by atoms with Crippen LogP contribution in [0.5, 0.6) is 0 Å². The Hall–Kier alpha value is -1.39. The molecule has 1 aromatic carbocycles. The molecule has 1 N–H and O–H groups in total. The average molecular weight is 365 g/mol. The summed E-state index contributed by atoms with van der Waals surface area (Å²) in [6.45, 7) is 7.02. The van der Waals surface area contributed by atoms with E-state index in [4.69, 9.17) is 9.47 Å². The fourth-order valence-corrected chi connectivity index (χ4v) is 3.59. The van der Waals surface area contributed by atoms with Crippen molar-refractivity contribution in [2.75, 3.05) is 13.2 Å². The summed E-state index contributed by atoms with van der Waals surface area (Å²) in [6.07, 6.45) is 7.90. The van der Waals surface area contributed by atoms with Gasteiger partial charge in [-0.25, -0.2) is 0 Å². The second-order valence-electron chi connectivity index (χ2n) is 6.75. The Labute approximate surface area is 158 Å². The van der Waals surface area contributed by atoms with E-state index in [2.05, 4.69) is 6.92 Å². The number of unbranched alkanes of at least 4 members (excludes halogenated alkanes) is 5. The number of hydrogen-bond donors (Lipinski definition) is 1. The first-order valence-corrected chi connectivity index (χ1v) is 10.2. The Kier molecular flexibility index (Phi) is 11.2. The van der Waals surface area contributed by atoms with Gasteiger partial charge in [0.05, 0.1) is 6.42 Å². The molecule has 0 aromatic heterocycles. The molecule has 0 radical (unpaired) electrons. The number of carboxylic acids is 1. The number of carbonyl (C=O) groups is 1. The molecular formula is C22H36O4. The molecule has 0 saturated carbocycles. The molecule has 0 aliphatic rings. The van der Waals surface area contributed by atoms with Gasteiger partial charge in [-0.15, -0.1) is 0 Å². The molecule has 1 rings (SSSR count). The number of carboxylic acid groups (broad SMARTS) is 1. The van der Waals surface area contributed by atoms with E-state index in [9.17, 15) is 9.90 Å². The van der Waals surface area contributed by atoms with Crippen LogP contribution in [0.25, 0.3) is 0 Å². The van der Waals surface area contributed by atoms with Gasteiger partial charge in [0.2, 0.25) is 0 Å². The first-order chi connectivity index (χ1) is 12.6. The third kappa shape index (κ3) is 7.08. The van der Waals surface area contributed by atoms with Crippen molar-refractivity contribution in [2.24, 2.45) is 5.92 Å². The SMILES string of the molecule is CCCCCCCCC(CC(=O)O)C(OCC)(OCC)c1ccccc1. The third-order valence-corrected chi connectivity index (χ3v) is 4.76. The van der Waals surface area contributed by atoms with Gasteiger partial charge in [0.1, 0.15) is 0 Å². The van der Waals surface area contributed by atoms with E-state index in [1.165, 1.54) is 25.7 Å². The lowest BCUT2D eigenvalue weighted by molar-refractivity contribution is -0.276. The van der Waals surface area contributed by atoms with E-state index in [1.807, 2.05) is 44.2 Å². The van der Waals surface area contributed by atoms with E-state index in [-0.39, 0.29) is 12.3 Å². The van der Waals surface area contributed by atoms with E-state index >= 15 is 0 Å². The minimum atomic E-state index is -0.993. The minimum Gasteiger partial charge on any atom is -0.481 e. The van der Waals surface area contributed by atoms with Crippen molar-refractivity contribution < 1.29 is 19.4 Å². The maximum absolute atomic E-state index is 11.6. The topological polar surface area (TPSA) is 55.8 Å². The van der Waals surface area contributed by atoms with Crippen molar-refractivity contribution in [3.8, 4) is 0 Å². The standard InChI is InChI=1S/C22H36O4/c1-4-7-8-9-10-12-17-20(18-21(23)24)22(25-5-2,26-6-3)19-15-13-11-14-16-19/h11,13-16,20H,4-10,12,17-18H2,1-3H3,(H,23,24). The van der Waals surface area contributed by atoms with Crippen LogP contribution in [0.15, 0.2) is 30.3 Å². The van der Waals surface area contributed by atoms with Crippen LogP contribution in [-0.2, 0) is 20.1 Å². The van der Waals surface area contributed by atoms with Crippen molar-refractivity contribution in [2.45, 2.75) is 77.9 Å². The van der Waals surface area contributed by atoms with Gasteiger partial charge in [0, 0.05) is 24.7 Å². The van der Waals surface area contributed by atoms with Gasteiger partial charge < -0.3 is 14.6 Å². The van der Waals surface area contributed by atoms with Crippen LogP contribution < -0.4 is 0 Å². The van der Waals surface area contributed by atoms with E-state index < -0.39 is 11.8 Å². The molecule has 0 amide bonds. The Bertz CT molecular complexity index is 480. The van der Waals surface area contributed by atoms with Crippen molar-refractivity contribution in [3.05, 3.63) is 35.9 Å². The van der Waals surface area contributed by atoms with Crippen molar-refractivity contribution in [1.82, 2.24) is 0 Å². The molecule has 0 aliphatic carbocycles. The molecule has 4 nitrogen and oxygen atoms in total. The number of benzene rings is 1. The third-order valence-electron chi connectivity index (χ3n) is 4.76. The summed E-state index contributed by atoms with van der Waals surface area (Å²) in [6, 6.07) is 9.80. The summed E-state index contributed by atoms with van der Waals surface area (Å²) >= 11 is 0. The van der Waals surface area contributed by atoms with Crippen LogP contribution in [0.2, 0.25) is 0 Å². The minimum absolute atomic E-state index is 0.0455. The zero-order valence-electron chi connectivity index (χ0n) is 16.7. The highest BCUT2D eigenvalue weighted by Gasteiger charge is 2.43. The summed E-state index contributed by atoms with van der Waals surface area (Å²) in [5, 5.41) is 9.49. The Morgan fingerprint density at radius 1 is 0.962 bits per heavy atom. The maximum Gasteiger partial charge on any atom is 0.303 e. The normalized spacial score (nSPS) is 12.9. The molecule has 26 heavy (non-hydrogen) atoms. The molecule has 0 fully saturated rings. The highest BCUT2D eigenvalue weighted by Crippen LogP contribution is 2.40. The van der Waals surface area contributed by atoms with Gasteiger partial charge >= 0.3 is 5.97 Å². The van der Waals surface area contributed by atoms with Crippen LogP contribution in [0, 0.1) is 5.92 Å². The molecule has 0 heterocycles. The number of rotatable bonds is 15. The molecule has 0 bridgehead atoms. The molecular weight excluding hydrogens is 328 g/mol. The predicted octanol–water partition coefficient (Wildman–Crippen LogP) is 5.75. The second-order valence-corrected chi connectivity index (χ2v) is 6.75. The number of ether oxygens (including phenoxy) is 2. The summed E-state index contributed by atoms with van der Waals surface area (Å²) in [5.74, 6) is -2.01. The van der Waals surface area contributed by atoms with Crippen molar-refractivity contribution in [1.29, 1.82) is 0 Å². The molecule has 0 saturated heterocycles. The first-order valence-electron chi connectivity index (χ1n) is 10.2. The van der Waals surface area contributed by atoms with Gasteiger partial charge in [-0.2, -0.15) is 0 Å². The zero-order chi connectivity index (χ0) is 19.3. The molecule has 4 heteroatoms. The second kappa shape index (κ2) is 12.9. The quantitative estimate of drug-likeness (QED) is 0.318. The summed E-state index contributed by atoms with van der Waals surface area (Å²) in [4.78, 5) is 11.6. The largest absolute Gasteiger partial charge is 0.481 e. The Morgan fingerprint density at radius 3 is 2.08 bits per heavy atom. The first kappa shape index (κ1) is 22.7. The number of aliphatic carboxylic acids is 1. The zero-order valence-corrected chi connectivity index (χ0v) is 16.7. The van der Waals surface area contributed by atoms with Gasteiger partial charge in [-0.05, 0) is 20.3 Å². The fourth-order valence-electron chi connectivity index (χ4n) is 3.59. The van der Waals surface area contributed by atoms with E-state index in [1.54, 1.807) is 0 Å². The Morgan fingerprint density at radius 2 is 1.54 bits per heavy atom. The van der Waals surface area contributed by atoms with Crippen LogP contribution in [0.4, 0.5) is 0 Å². The van der Waals surface area contributed by atoms with Crippen LogP contribution in [0.1, 0.15) is 77.7 Å². The lowest BCUT2D eigenvalue weighted by Crippen LogP contribution is -2.42. The highest BCUT2D eigenvalue weighted by molar-refractivity contribution is 5.67. The molecule has 1 aromatic rings. The van der Waals surface area contributed by atoms with E-state index in [0.717, 1.165) is 24.8 Å². The smallest absolute Gasteiger partial charge is 0.303 e. The molecule has 1 unspecified atom stereocenters. The lowest BCUT2D eigenvalue weighted by Gasteiger charge is -2.40. The van der Waals surface area contributed by atoms with Crippen LogP contribution >= 0.6 is 0 Å². The molecule has 0 aliphatic heterocycles. The summed E-state index contributed by atoms with van der Waals surface area (Å²) < 4.78 is 12.3. The molecule has 1 atom stereocenters. The van der Waals surface area contributed by atoms with Crippen LogP contribution in [0.3, 0.4) is 0 Å². The van der Waals surface area contributed by atoms with Crippen LogP contribution in [-0.4, -0.2) is 24.3 Å². The van der Waals surface area contributed by atoms with E-state index in [0.29, 0.717) is 13.2 Å². The highest BCUT2D eigenvalue weighted by atomic mass is 16.7. The van der Waals surface area contributed by atoms with Gasteiger partial charge in [-0.1, -0.05) is 75.8 Å². The lowest BCUT2D eigenvalue weighted by atomic mass is 9.84. The molecule has 148 valence electrons. The predicted molar refractivity (Wildman–Crippen MR) is 105 cm³/mol. The number of hydrogen-bond acceptors (Lipinski definition) is 3. The maximum atomic E-state index is 11.6. The van der Waals surface area contributed by atoms with Gasteiger partial charge in [0.25, 0.3) is 0 Å². The van der Waals surface area contributed by atoms with Crippen molar-refractivity contribution >= 4 is 5.97 Å². The van der Waals surface area contributed by atoms with Crippen molar-refractivity contribution in [3.63, 3.8) is 0 Å². The molecule has 0 spiro atoms. The Balaban J connectivity index is 2.98. The summed E-state index contributed by atoms with van der Waals surface area (Å²) in [7, 11) is 0. The average Bonchev–Trinajstić information content (AvgIpc) is 2.63. The fraction of sp³-hybridized carbons (Fsp3) is 0.682. The summed E-state index contributed by atoms with van der Waals surface area (Å²) in [5.41, 5.74) is 0.904. The van der Waals surface area contributed by atoms with Gasteiger partial charge in [0.15, 0.2) is 5.79 Å². The van der Waals surface area contributed by atoms with Gasteiger partial charge in [-0.3, -0.25) is 4.79 Å². The monoisotopic (exact) mass is 364 g/mol.